The molecule has 0 aromatic heterocycles. The summed E-state index contributed by atoms with van der Waals surface area (Å²) in [5.41, 5.74) is 1.18. The molecule has 0 aliphatic heterocycles. The van der Waals surface area contributed by atoms with Crippen LogP contribution < -0.4 is 0 Å². The Balaban J connectivity index is 2.93. The second-order valence-electron chi connectivity index (χ2n) is 8.21. The lowest BCUT2D eigenvalue weighted by Gasteiger charge is -2.40. The summed E-state index contributed by atoms with van der Waals surface area (Å²) in [7, 11) is -0.518. The van der Waals surface area contributed by atoms with Crippen LogP contribution in [0.15, 0.2) is 48.6 Å². The Labute approximate surface area is 160 Å². The maximum absolute atomic E-state index is 11.4. The number of benzene rings is 1. The Hall–Kier alpha value is -1.65. The van der Waals surface area contributed by atoms with Crippen LogP contribution in [0.25, 0.3) is 6.08 Å². The van der Waals surface area contributed by atoms with Gasteiger partial charge in [0.2, 0.25) is 0 Å². The Morgan fingerprint density at radius 3 is 2.35 bits per heavy atom. The van der Waals surface area contributed by atoms with Crippen LogP contribution in [0.3, 0.4) is 0 Å². The van der Waals surface area contributed by atoms with E-state index in [1.807, 2.05) is 24.3 Å². The van der Waals surface area contributed by atoms with Crippen LogP contribution in [0, 0.1) is 5.92 Å². The number of hydrogen-bond acceptors (Lipinski definition) is 3. The van der Waals surface area contributed by atoms with E-state index in [-0.39, 0.29) is 23.0 Å². The van der Waals surface area contributed by atoms with Gasteiger partial charge in [-0.1, -0.05) is 76.3 Å². The van der Waals surface area contributed by atoms with Crippen LogP contribution in [0.5, 0.6) is 0 Å². The molecule has 0 radical (unpaired) electrons. The van der Waals surface area contributed by atoms with Gasteiger partial charge in [-0.3, -0.25) is 0 Å². The highest BCUT2D eigenvalue weighted by Crippen LogP contribution is 2.38. The molecule has 0 amide bonds. The van der Waals surface area contributed by atoms with Gasteiger partial charge in [0.05, 0.1) is 13.2 Å². The van der Waals surface area contributed by atoms with Gasteiger partial charge in [0.1, 0.15) is 0 Å². The maximum atomic E-state index is 11.4. The van der Waals surface area contributed by atoms with Gasteiger partial charge in [-0.2, -0.15) is 0 Å². The zero-order chi connectivity index (χ0) is 19.8. The zero-order valence-corrected chi connectivity index (χ0v) is 18.3. The number of hydrogen-bond donors (Lipinski definition) is 0. The molecule has 1 aromatic rings. The van der Waals surface area contributed by atoms with Crippen molar-refractivity contribution in [1.29, 1.82) is 0 Å². The molecule has 0 bridgehead atoms. The summed E-state index contributed by atoms with van der Waals surface area (Å²) < 4.78 is 11.3. The number of ether oxygens (including phenoxy) is 1. The summed E-state index contributed by atoms with van der Waals surface area (Å²) in [6.07, 6.45) is 8.38. The van der Waals surface area contributed by atoms with Gasteiger partial charge in [0.25, 0.3) is 0 Å². The predicted octanol–water partition coefficient (Wildman–Crippen LogP) is 5.85. The molecule has 0 fully saturated rings. The van der Waals surface area contributed by atoms with Gasteiger partial charge in [0, 0.05) is 6.08 Å². The highest BCUT2D eigenvalue weighted by Gasteiger charge is 2.39. The van der Waals surface area contributed by atoms with E-state index in [2.05, 4.69) is 69.8 Å². The number of methoxy groups -OCH3 is 1. The van der Waals surface area contributed by atoms with Gasteiger partial charge in [-0.25, -0.2) is 4.79 Å². The molecule has 26 heavy (non-hydrogen) atoms. The molecular formula is C22H34O3Si. The van der Waals surface area contributed by atoms with Crippen molar-refractivity contribution in [2.75, 3.05) is 7.11 Å². The molecule has 1 rings (SSSR count). The summed E-state index contributed by atoms with van der Waals surface area (Å²) in [6, 6.07) is 10.3. The molecular weight excluding hydrogens is 340 g/mol. The predicted molar refractivity (Wildman–Crippen MR) is 112 cm³/mol. The number of carbonyl (C=O) groups excluding carboxylic acids is 1. The first-order chi connectivity index (χ1) is 12.1. The Morgan fingerprint density at radius 2 is 1.81 bits per heavy atom. The van der Waals surface area contributed by atoms with Crippen molar-refractivity contribution in [3.63, 3.8) is 0 Å². The van der Waals surface area contributed by atoms with Crippen molar-refractivity contribution in [3.8, 4) is 0 Å². The normalized spacial score (nSPS) is 15.3. The lowest BCUT2D eigenvalue weighted by Crippen LogP contribution is -2.45. The lowest BCUT2D eigenvalue weighted by atomic mass is 10.00. The summed E-state index contributed by atoms with van der Waals surface area (Å²) >= 11 is 0. The lowest BCUT2D eigenvalue weighted by molar-refractivity contribution is -0.134. The Kier molecular flexibility index (Phi) is 8.51. The highest BCUT2D eigenvalue weighted by atomic mass is 28.4. The fourth-order valence-electron chi connectivity index (χ4n) is 2.24. The second-order valence-corrected chi connectivity index (χ2v) is 13.0. The molecule has 3 nitrogen and oxygen atoms in total. The van der Waals surface area contributed by atoms with Crippen LogP contribution in [0.1, 0.15) is 39.7 Å². The van der Waals surface area contributed by atoms with Crippen molar-refractivity contribution in [2.45, 2.75) is 58.4 Å². The molecule has 0 spiro atoms. The molecule has 0 saturated carbocycles. The fourth-order valence-corrected chi connectivity index (χ4v) is 3.66. The third-order valence-electron chi connectivity index (χ3n) is 5.05. The van der Waals surface area contributed by atoms with Crippen molar-refractivity contribution in [2.24, 2.45) is 5.92 Å². The van der Waals surface area contributed by atoms with E-state index in [0.717, 1.165) is 0 Å². The molecule has 0 unspecified atom stereocenters. The van der Waals surface area contributed by atoms with Crippen LogP contribution in [-0.2, 0) is 14.0 Å². The van der Waals surface area contributed by atoms with E-state index in [0.29, 0.717) is 6.42 Å². The van der Waals surface area contributed by atoms with Gasteiger partial charge < -0.3 is 9.16 Å². The third-order valence-corrected chi connectivity index (χ3v) is 9.56. The first-order valence-corrected chi connectivity index (χ1v) is 12.1. The van der Waals surface area contributed by atoms with Crippen molar-refractivity contribution < 1.29 is 14.0 Å². The first kappa shape index (κ1) is 22.4. The van der Waals surface area contributed by atoms with E-state index >= 15 is 0 Å². The summed E-state index contributed by atoms with van der Waals surface area (Å²) in [5, 5.41) is 0.139. The van der Waals surface area contributed by atoms with Crippen molar-refractivity contribution in [1.82, 2.24) is 0 Å². The van der Waals surface area contributed by atoms with Crippen LogP contribution in [-0.4, -0.2) is 27.5 Å². The minimum absolute atomic E-state index is 0.0248. The summed E-state index contributed by atoms with van der Waals surface area (Å²) in [6.45, 7) is 13.4. The quantitative estimate of drug-likeness (QED) is 0.325. The highest BCUT2D eigenvalue weighted by molar-refractivity contribution is 6.74. The third kappa shape index (κ3) is 7.30. The SMILES string of the molecule is COC(=O)/C=C/C[C@H](O[Si](C)(C)C(C)(C)C)[C@H](C)/C=C/c1ccccc1. The molecule has 0 saturated heterocycles. The zero-order valence-electron chi connectivity index (χ0n) is 17.3. The van der Waals surface area contributed by atoms with Gasteiger partial charge >= 0.3 is 5.97 Å². The van der Waals surface area contributed by atoms with Crippen LogP contribution >= 0.6 is 0 Å². The van der Waals surface area contributed by atoms with Crippen molar-refractivity contribution >= 4 is 20.4 Å². The average Bonchev–Trinajstić information content (AvgIpc) is 2.58. The Morgan fingerprint density at radius 1 is 1.19 bits per heavy atom. The summed E-state index contributed by atoms with van der Waals surface area (Å²) in [5.74, 6) is -0.102. The molecule has 4 heteroatoms. The molecule has 0 N–H and O–H groups in total. The van der Waals surface area contributed by atoms with E-state index in [1.165, 1.54) is 18.7 Å². The fraction of sp³-hybridized carbons (Fsp3) is 0.500. The number of carbonyl (C=O) groups is 1. The smallest absolute Gasteiger partial charge is 0.330 e. The molecule has 0 aliphatic carbocycles. The van der Waals surface area contributed by atoms with Gasteiger partial charge in [0.15, 0.2) is 8.32 Å². The molecule has 0 heterocycles. The minimum Gasteiger partial charge on any atom is -0.466 e. The standard InChI is InChI=1S/C22H34O3Si/c1-18(16-17-19-12-9-8-10-13-19)20(14-11-15-21(23)24-5)25-26(6,7)22(2,3)4/h8-13,15-18,20H,14H2,1-7H3/b15-11+,17-16+/t18-,20+/m1/s1. The molecule has 2 atom stereocenters. The molecule has 144 valence electrons. The van der Waals surface area contributed by atoms with Crippen LogP contribution in [0.2, 0.25) is 18.1 Å². The summed E-state index contributed by atoms with van der Waals surface area (Å²) in [4.78, 5) is 11.4. The van der Waals surface area contributed by atoms with E-state index < -0.39 is 8.32 Å². The molecule has 1 aromatic carbocycles. The van der Waals surface area contributed by atoms with E-state index in [9.17, 15) is 4.79 Å². The van der Waals surface area contributed by atoms with E-state index in [4.69, 9.17) is 4.43 Å². The van der Waals surface area contributed by atoms with Crippen molar-refractivity contribution in [3.05, 3.63) is 54.1 Å². The topological polar surface area (TPSA) is 35.5 Å². The van der Waals surface area contributed by atoms with Gasteiger partial charge in [-0.05, 0) is 36.0 Å². The first-order valence-electron chi connectivity index (χ1n) is 9.22. The number of rotatable bonds is 8. The number of esters is 1. The van der Waals surface area contributed by atoms with Crippen LogP contribution in [0.4, 0.5) is 0 Å². The monoisotopic (exact) mass is 374 g/mol. The average molecular weight is 375 g/mol. The maximum Gasteiger partial charge on any atom is 0.330 e. The molecule has 0 aliphatic rings. The largest absolute Gasteiger partial charge is 0.466 e. The second kappa shape index (κ2) is 9.88. The van der Waals surface area contributed by atoms with Gasteiger partial charge in [-0.15, -0.1) is 0 Å². The Bertz CT molecular complexity index is 612. The minimum atomic E-state index is -1.91. The van der Waals surface area contributed by atoms with E-state index in [1.54, 1.807) is 0 Å².